The zero-order chi connectivity index (χ0) is 18.0. The summed E-state index contributed by atoms with van der Waals surface area (Å²) in [4.78, 5) is 29.3. The highest BCUT2D eigenvalue weighted by atomic mass is 16.2. The third-order valence-electron chi connectivity index (χ3n) is 6.15. The van der Waals surface area contributed by atoms with Crippen molar-refractivity contribution in [3.05, 3.63) is 32.7 Å². The highest BCUT2D eigenvalue weighted by Crippen LogP contribution is 2.36. The molecule has 0 radical (unpaired) electrons. The molecule has 0 unspecified atom stereocenters. The molecule has 1 saturated heterocycles. The Morgan fingerprint density at radius 1 is 1.24 bits per heavy atom. The number of piperidine rings is 1. The molecule has 2 heterocycles. The molecular weight excluding hydrogens is 314 g/mol. The fraction of sp³-hybridized carbons (Fsp3) is 0.650. The van der Waals surface area contributed by atoms with Crippen molar-refractivity contribution in [2.75, 3.05) is 13.1 Å². The number of aromatic nitrogens is 1. The maximum Gasteiger partial charge on any atom is 0.266 e. The Morgan fingerprint density at radius 3 is 2.68 bits per heavy atom. The van der Waals surface area contributed by atoms with Crippen LogP contribution in [0.5, 0.6) is 0 Å². The SMILES string of the molecule is Cc1[nH]c(=O)c(C#N)c(C)c1CCC(=O)N1CC[C@H]2CCCC[C@H]2C1. The van der Waals surface area contributed by atoms with Crippen LogP contribution < -0.4 is 5.56 Å². The van der Waals surface area contributed by atoms with Crippen molar-refractivity contribution in [1.29, 1.82) is 5.26 Å². The number of H-pyrrole nitrogens is 1. The first-order valence-electron chi connectivity index (χ1n) is 9.41. The van der Waals surface area contributed by atoms with Crippen LogP contribution in [0.4, 0.5) is 0 Å². The van der Waals surface area contributed by atoms with Crippen LogP contribution in [-0.4, -0.2) is 28.9 Å². The number of pyridine rings is 1. The molecule has 5 heteroatoms. The molecule has 0 spiro atoms. The van der Waals surface area contributed by atoms with E-state index >= 15 is 0 Å². The van der Waals surface area contributed by atoms with E-state index in [1.54, 1.807) is 6.92 Å². The molecule has 134 valence electrons. The van der Waals surface area contributed by atoms with Crippen molar-refractivity contribution in [3.8, 4) is 6.07 Å². The Hall–Kier alpha value is -2.09. The summed E-state index contributed by atoms with van der Waals surface area (Å²) in [5, 5.41) is 9.16. The third-order valence-corrected chi connectivity index (χ3v) is 6.15. The molecular formula is C20H27N3O2. The van der Waals surface area contributed by atoms with Gasteiger partial charge >= 0.3 is 0 Å². The number of carbonyl (C=O) groups is 1. The standard InChI is InChI=1S/C20H27N3O2/c1-13-17(14(2)22-20(25)18(13)11-21)7-8-19(24)23-10-9-15-5-3-4-6-16(15)12-23/h15-16H,3-10,12H2,1-2H3,(H,22,25)/t15-,16+/m1/s1. The van der Waals surface area contributed by atoms with Gasteiger partial charge in [0.2, 0.25) is 5.91 Å². The fourth-order valence-electron chi connectivity index (χ4n) is 4.64. The summed E-state index contributed by atoms with van der Waals surface area (Å²) < 4.78 is 0. The number of hydrogen-bond donors (Lipinski definition) is 1. The molecule has 1 aromatic heterocycles. The molecule has 0 aromatic carbocycles. The second-order valence-electron chi connectivity index (χ2n) is 7.60. The van der Waals surface area contributed by atoms with E-state index < -0.39 is 0 Å². The van der Waals surface area contributed by atoms with E-state index in [-0.39, 0.29) is 17.0 Å². The van der Waals surface area contributed by atoms with Crippen LogP contribution in [0.1, 0.15) is 60.9 Å². The molecule has 5 nitrogen and oxygen atoms in total. The molecule has 2 atom stereocenters. The fourth-order valence-corrected chi connectivity index (χ4v) is 4.64. The van der Waals surface area contributed by atoms with Gasteiger partial charge in [-0.1, -0.05) is 19.3 Å². The van der Waals surface area contributed by atoms with Gasteiger partial charge in [0, 0.05) is 25.2 Å². The monoisotopic (exact) mass is 341 g/mol. The summed E-state index contributed by atoms with van der Waals surface area (Å²) in [6.45, 7) is 5.43. The Kier molecular flexibility index (Phi) is 5.27. The van der Waals surface area contributed by atoms with Crippen LogP contribution in [0.25, 0.3) is 0 Å². The first-order chi connectivity index (χ1) is 12.0. The summed E-state index contributed by atoms with van der Waals surface area (Å²) in [6.07, 6.45) is 7.41. The molecule has 1 aliphatic carbocycles. The topological polar surface area (TPSA) is 77.0 Å². The number of amides is 1. The number of nitriles is 1. The molecule has 0 bridgehead atoms. The maximum atomic E-state index is 12.7. The van der Waals surface area contributed by atoms with Crippen LogP contribution in [0, 0.1) is 37.0 Å². The maximum absolute atomic E-state index is 12.7. The minimum Gasteiger partial charge on any atom is -0.342 e. The van der Waals surface area contributed by atoms with Crippen molar-refractivity contribution < 1.29 is 4.79 Å². The average molecular weight is 341 g/mol. The van der Waals surface area contributed by atoms with Gasteiger partial charge in [-0.25, -0.2) is 0 Å². The van der Waals surface area contributed by atoms with E-state index in [1.807, 2.05) is 17.9 Å². The number of carbonyl (C=O) groups excluding carboxylic acids is 1. The molecule has 1 N–H and O–H groups in total. The number of hydrogen-bond acceptors (Lipinski definition) is 3. The summed E-state index contributed by atoms with van der Waals surface area (Å²) in [5.41, 5.74) is 2.22. The van der Waals surface area contributed by atoms with Gasteiger partial charge in [-0.15, -0.1) is 0 Å². The second kappa shape index (κ2) is 7.43. The van der Waals surface area contributed by atoms with Crippen LogP contribution in [0.15, 0.2) is 4.79 Å². The summed E-state index contributed by atoms with van der Waals surface area (Å²) in [5.74, 6) is 1.71. The van der Waals surface area contributed by atoms with Crippen LogP contribution >= 0.6 is 0 Å². The normalized spacial score (nSPS) is 23.0. The molecule has 25 heavy (non-hydrogen) atoms. The molecule has 2 aliphatic rings. The van der Waals surface area contributed by atoms with E-state index in [4.69, 9.17) is 5.26 Å². The molecule has 1 amide bonds. The molecule has 1 aromatic rings. The predicted molar refractivity (Wildman–Crippen MR) is 96.2 cm³/mol. The number of likely N-dealkylation sites (tertiary alicyclic amines) is 1. The van der Waals surface area contributed by atoms with Gasteiger partial charge in [-0.05, 0) is 56.1 Å². The number of nitrogens with one attached hydrogen (secondary N) is 1. The lowest BCUT2D eigenvalue weighted by Gasteiger charge is -2.41. The largest absolute Gasteiger partial charge is 0.342 e. The van der Waals surface area contributed by atoms with Crippen molar-refractivity contribution in [2.24, 2.45) is 11.8 Å². The Morgan fingerprint density at radius 2 is 1.96 bits per heavy atom. The minimum absolute atomic E-state index is 0.163. The Balaban J connectivity index is 1.65. The lowest BCUT2D eigenvalue weighted by atomic mass is 9.75. The van der Waals surface area contributed by atoms with Crippen LogP contribution in [0.2, 0.25) is 0 Å². The van der Waals surface area contributed by atoms with Gasteiger partial charge in [0.25, 0.3) is 5.56 Å². The average Bonchev–Trinajstić information content (AvgIpc) is 2.61. The van der Waals surface area contributed by atoms with Gasteiger partial charge in [-0.2, -0.15) is 5.26 Å². The lowest BCUT2D eigenvalue weighted by molar-refractivity contribution is -0.134. The molecule has 1 saturated carbocycles. The highest BCUT2D eigenvalue weighted by Gasteiger charge is 2.32. The highest BCUT2D eigenvalue weighted by molar-refractivity contribution is 5.76. The quantitative estimate of drug-likeness (QED) is 0.918. The Labute approximate surface area is 149 Å². The number of fused-ring (bicyclic) bond motifs is 1. The van der Waals surface area contributed by atoms with E-state index in [2.05, 4.69) is 4.98 Å². The molecule has 2 fully saturated rings. The molecule has 1 aliphatic heterocycles. The van der Waals surface area contributed by atoms with Gasteiger partial charge < -0.3 is 9.88 Å². The Bertz CT molecular complexity index is 759. The summed E-state index contributed by atoms with van der Waals surface area (Å²) >= 11 is 0. The van der Waals surface area contributed by atoms with Gasteiger partial charge in [0.1, 0.15) is 11.6 Å². The van der Waals surface area contributed by atoms with Crippen LogP contribution in [-0.2, 0) is 11.2 Å². The second-order valence-corrected chi connectivity index (χ2v) is 7.60. The zero-order valence-electron chi connectivity index (χ0n) is 15.2. The van der Waals surface area contributed by atoms with E-state index in [0.717, 1.165) is 36.7 Å². The minimum atomic E-state index is -0.341. The predicted octanol–water partition coefficient (Wildman–Crippen LogP) is 2.83. The number of nitrogens with zero attached hydrogens (tertiary/aromatic N) is 2. The smallest absolute Gasteiger partial charge is 0.266 e. The first-order valence-corrected chi connectivity index (χ1v) is 9.41. The van der Waals surface area contributed by atoms with Crippen molar-refractivity contribution in [2.45, 2.75) is 58.8 Å². The summed E-state index contributed by atoms with van der Waals surface area (Å²) in [6, 6.07) is 1.97. The van der Waals surface area contributed by atoms with Gasteiger partial charge in [0.05, 0.1) is 0 Å². The van der Waals surface area contributed by atoms with Gasteiger partial charge in [-0.3, -0.25) is 9.59 Å². The number of rotatable bonds is 3. The van der Waals surface area contributed by atoms with Crippen molar-refractivity contribution in [1.82, 2.24) is 9.88 Å². The van der Waals surface area contributed by atoms with Crippen molar-refractivity contribution >= 4 is 5.91 Å². The number of aryl methyl sites for hydroxylation is 1. The summed E-state index contributed by atoms with van der Waals surface area (Å²) in [7, 11) is 0. The van der Waals surface area contributed by atoms with E-state index in [1.165, 1.54) is 25.7 Å². The van der Waals surface area contributed by atoms with E-state index in [9.17, 15) is 9.59 Å². The van der Waals surface area contributed by atoms with E-state index in [0.29, 0.717) is 24.3 Å². The van der Waals surface area contributed by atoms with Gasteiger partial charge in [0.15, 0.2) is 0 Å². The van der Waals surface area contributed by atoms with Crippen LogP contribution in [0.3, 0.4) is 0 Å². The lowest BCUT2D eigenvalue weighted by Crippen LogP contribution is -2.44. The third kappa shape index (κ3) is 3.63. The molecule has 3 rings (SSSR count). The zero-order valence-corrected chi connectivity index (χ0v) is 15.2. The number of aromatic amines is 1. The first kappa shape index (κ1) is 17.7. The van der Waals surface area contributed by atoms with Crippen molar-refractivity contribution in [3.63, 3.8) is 0 Å².